The number of allylic oxidation sites excluding steroid dienone is 3. The first-order valence-corrected chi connectivity index (χ1v) is 10.1. The summed E-state index contributed by atoms with van der Waals surface area (Å²) in [5.41, 5.74) is 7.61. The Morgan fingerprint density at radius 1 is 0.962 bits per heavy atom. The molecule has 0 amide bonds. The second-order valence-corrected chi connectivity index (χ2v) is 6.71. The molecule has 0 aliphatic rings. The predicted octanol–water partition coefficient (Wildman–Crippen LogP) is 7.61. The number of nitrogens with two attached hydrogens (primary N) is 1. The molecule has 26 heavy (non-hydrogen) atoms. The molecule has 2 aromatic rings. The summed E-state index contributed by atoms with van der Waals surface area (Å²) in [6.07, 6.45) is 1.09. The maximum Gasteiger partial charge on any atom is 0.0255 e. The van der Waals surface area contributed by atoms with Crippen LogP contribution in [0, 0.1) is 6.92 Å². The number of hydrogen-bond donors (Lipinski definition) is 1. The second-order valence-electron chi connectivity index (χ2n) is 6.04. The van der Waals surface area contributed by atoms with Crippen LogP contribution in [0.3, 0.4) is 0 Å². The van der Waals surface area contributed by atoms with Gasteiger partial charge < -0.3 is 0 Å². The molecule has 0 atom stereocenters. The Kier molecular flexibility index (Phi) is 12.5. The minimum Gasteiger partial charge on any atom is -0.274 e. The van der Waals surface area contributed by atoms with E-state index in [2.05, 4.69) is 71.5 Å². The van der Waals surface area contributed by atoms with Crippen molar-refractivity contribution in [1.29, 1.82) is 0 Å². The summed E-state index contributed by atoms with van der Waals surface area (Å²) in [7, 11) is 0. The van der Waals surface area contributed by atoms with Gasteiger partial charge in [-0.3, -0.25) is 5.14 Å². The molecule has 142 valence electrons. The van der Waals surface area contributed by atoms with Gasteiger partial charge in [-0.15, -0.1) is 0 Å². The molecule has 2 aromatic carbocycles. The fourth-order valence-electron chi connectivity index (χ4n) is 2.15. The first-order chi connectivity index (χ1) is 12.4. The van der Waals surface area contributed by atoms with Gasteiger partial charge in [0.15, 0.2) is 0 Å². The summed E-state index contributed by atoms with van der Waals surface area (Å²) in [4.78, 5) is 1.15. The summed E-state index contributed by atoms with van der Waals surface area (Å²) in [5, 5.41) is 5.37. The Balaban J connectivity index is 0.000000484. The topological polar surface area (TPSA) is 26.0 Å². The quantitative estimate of drug-likeness (QED) is 0.443. The SMILES string of the molecule is C=C(C(C)=C(C)C)c1ccc(CC)cc1.CC.Cc1ccccc1SN. The molecule has 0 radical (unpaired) electrons. The molecule has 0 saturated heterocycles. The maximum absolute atomic E-state index is 5.37. The summed E-state index contributed by atoms with van der Waals surface area (Å²) in [6.45, 7) is 18.7. The molecule has 2 rings (SSSR count). The molecular weight excluding hydrogens is 334 g/mol. The average Bonchev–Trinajstić information content (AvgIpc) is 2.69. The van der Waals surface area contributed by atoms with Crippen LogP contribution in [0.25, 0.3) is 5.57 Å². The van der Waals surface area contributed by atoms with E-state index in [1.165, 1.54) is 39.8 Å². The highest BCUT2D eigenvalue weighted by atomic mass is 32.2. The van der Waals surface area contributed by atoms with Gasteiger partial charge in [0, 0.05) is 4.90 Å². The Labute approximate surface area is 165 Å². The smallest absolute Gasteiger partial charge is 0.0255 e. The fraction of sp³-hybridized carbons (Fsp3) is 0.333. The molecule has 2 heteroatoms. The lowest BCUT2D eigenvalue weighted by molar-refractivity contribution is 1.14. The van der Waals surface area contributed by atoms with Crippen LogP contribution in [0.1, 0.15) is 58.2 Å². The van der Waals surface area contributed by atoms with Crippen LogP contribution < -0.4 is 5.14 Å². The van der Waals surface area contributed by atoms with Crippen molar-refractivity contribution in [2.24, 2.45) is 5.14 Å². The number of aryl methyl sites for hydroxylation is 2. The Hall–Kier alpha value is -1.77. The largest absolute Gasteiger partial charge is 0.274 e. The molecule has 0 aromatic heterocycles. The number of hydrogen-bond acceptors (Lipinski definition) is 2. The predicted molar refractivity (Wildman–Crippen MR) is 121 cm³/mol. The van der Waals surface area contributed by atoms with Crippen molar-refractivity contribution in [2.75, 3.05) is 0 Å². The lowest BCUT2D eigenvalue weighted by atomic mass is 9.96. The standard InChI is InChI=1S/C15H20.C7H9NS.C2H6/c1-6-14-7-9-15(10-8-14)13(5)12(4)11(2)3;1-6-4-2-3-5-7(6)9-8;1-2/h7-10H,5-6H2,1-4H3;2-5H,8H2,1H3;1-2H3. The Morgan fingerprint density at radius 2 is 1.50 bits per heavy atom. The van der Waals surface area contributed by atoms with Crippen LogP contribution in [0.5, 0.6) is 0 Å². The van der Waals surface area contributed by atoms with Crippen molar-refractivity contribution in [3.05, 3.63) is 82.9 Å². The van der Waals surface area contributed by atoms with Crippen molar-refractivity contribution in [2.45, 2.75) is 59.8 Å². The molecule has 1 nitrogen and oxygen atoms in total. The third-order valence-corrected chi connectivity index (χ3v) is 4.85. The number of rotatable bonds is 4. The van der Waals surface area contributed by atoms with Crippen molar-refractivity contribution in [1.82, 2.24) is 0 Å². The van der Waals surface area contributed by atoms with E-state index >= 15 is 0 Å². The maximum atomic E-state index is 5.37. The van der Waals surface area contributed by atoms with Crippen LogP contribution in [0.4, 0.5) is 0 Å². The van der Waals surface area contributed by atoms with E-state index in [-0.39, 0.29) is 0 Å². The van der Waals surface area contributed by atoms with Crippen LogP contribution >= 0.6 is 11.9 Å². The van der Waals surface area contributed by atoms with Gasteiger partial charge in [-0.2, -0.15) is 0 Å². The van der Waals surface area contributed by atoms with Gasteiger partial charge >= 0.3 is 0 Å². The zero-order valence-corrected chi connectivity index (χ0v) is 18.3. The summed E-state index contributed by atoms with van der Waals surface area (Å²) < 4.78 is 0. The van der Waals surface area contributed by atoms with E-state index in [1.807, 2.05) is 32.0 Å². The van der Waals surface area contributed by atoms with E-state index < -0.39 is 0 Å². The van der Waals surface area contributed by atoms with Crippen molar-refractivity contribution < 1.29 is 0 Å². The van der Waals surface area contributed by atoms with Gasteiger partial charge in [-0.25, -0.2) is 0 Å². The first-order valence-electron chi connectivity index (χ1n) is 9.25. The lowest BCUT2D eigenvalue weighted by Gasteiger charge is -2.09. The highest BCUT2D eigenvalue weighted by molar-refractivity contribution is 7.97. The second kappa shape index (κ2) is 13.4. The summed E-state index contributed by atoms with van der Waals surface area (Å²) in [5.74, 6) is 0. The lowest BCUT2D eigenvalue weighted by Crippen LogP contribution is -1.88. The van der Waals surface area contributed by atoms with Gasteiger partial charge in [0.1, 0.15) is 0 Å². The molecule has 0 aliphatic heterocycles. The normalized spacial score (nSPS) is 9.23. The minimum absolute atomic E-state index is 1.09. The van der Waals surface area contributed by atoms with E-state index in [1.54, 1.807) is 0 Å². The van der Waals surface area contributed by atoms with Gasteiger partial charge in [0.2, 0.25) is 0 Å². The van der Waals surface area contributed by atoms with E-state index in [0.29, 0.717) is 0 Å². The molecule has 0 fully saturated rings. The van der Waals surface area contributed by atoms with Crippen LogP contribution in [0.15, 0.2) is 71.2 Å². The zero-order valence-electron chi connectivity index (χ0n) is 17.5. The zero-order chi connectivity index (χ0) is 20.1. The van der Waals surface area contributed by atoms with E-state index in [9.17, 15) is 0 Å². The third kappa shape index (κ3) is 8.07. The average molecular weight is 370 g/mol. The molecule has 0 spiro atoms. The molecule has 0 bridgehead atoms. The molecule has 0 saturated carbocycles. The van der Waals surface area contributed by atoms with Crippen molar-refractivity contribution in [3.8, 4) is 0 Å². The van der Waals surface area contributed by atoms with Gasteiger partial charge in [-0.05, 0) is 80.0 Å². The minimum atomic E-state index is 1.09. The van der Waals surface area contributed by atoms with Gasteiger partial charge in [0.05, 0.1) is 0 Å². The van der Waals surface area contributed by atoms with Gasteiger partial charge in [-0.1, -0.05) is 75.4 Å². The first kappa shape index (κ1) is 24.2. The molecule has 0 aliphatic carbocycles. The van der Waals surface area contributed by atoms with Crippen LogP contribution in [-0.2, 0) is 6.42 Å². The van der Waals surface area contributed by atoms with E-state index in [4.69, 9.17) is 5.14 Å². The highest BCUT2D eigenvalue weighted by Crippen LogP contribution is 2.23. The Morgan fingerprint density at radius 3 is 1.88 bits per heavy atom. The van der Waals surface area contributed by atoms with Crippen molar-refractivity contribution >= 4 is 17.5 Å². The molecule has 2 N–H and O–H groups in total. The van der Waals surface area contributed by atoms with Gasteiger partial charge in [0.25, 0.3) is 0 Å². The van der Waals surface area contributed by atoms with Crippen molar-refractivity contribution in [3.63, 3.8) is 0 Å². The van der Waals surface area contributed by atoms with Crippen LogP contribution in [0.2, 0.25) is 0 Å². The highest BCUT2D eigenvalue weighted by Gasteiger charge is 2.02. The number of benzene rings is 2. The third-order valence-electron chi connectivity index (χ3n) is 4.13. The van der Waals surface area contributed by atoms with Crippen LogP contribution in [-0.4, -0.2) is 0 Å². The summed E-state index contributed by atoms with van der Waals surface area (Å²) >= 11 is 1.30. The fourth-order valence-corrected chi connectivity index (χ4v) is 2.56. The Bertz CT molecular complexity index is 692. The monoisotopic (exact) mass is 369 g/mol. The molecular formula is C24H35NS. The van der Waals surface area contributed by atoms with E-state index in [0.717, 1.165) is 16.9 Å². The summed E-state index contributed by atoms with van der Waals surface area (Å²) in [6, 6.07) is 16.7. The molecule has 0 heterocycles. The molecule has 0 unspecified atom stereocenters.